The molecule has 6 heteroatoms. The van der Waals surface area contributed by atoms with E-state index in [0.29, 0.717) is 11.4 Å². The number of hydrogen-bond acceptors (Lipinski definition) is 4. The number of nitrogens with two attached hydrogens (primary N) is 1. The van der Waals surface area contributed by atoms with Crippen molar-refractivity contribution < 1.29 is 4.79 Å². The van der Waals surface area contributed by atoms with Crippen LogP contribution < -0.4 is 16.4 Å². The average molecular weight is 243 g/mol. The standard InChI is InChI=1S/C12H13N5O/c1-7-15-10-3-2-9(4-11(10)16-7)17-12(13)8(6-18)5-14-17/h3-6,9H,2,13H2,1H3,(H,15,16). The van der Waals surface area contributed by atoms with Crippen LogP contribution in [0.15, 0.2) is 6.20 Å². The predicted octanol–water partition coefficient (Wildman–Crippen LogP) is -0.485. The first kappa shape index (κ1) is 10.8. The van der Waals surface area contributed by atoms with Gasteiger partial charge in [-0.2, -0.15) is 5.10 Å². The van der Waals surface area contributed by atoms with Crippen LogP contribution in [0.1, 0.15) is 28.6 Å². The molecule has 3 N–H and O–H groups in total. The number of carbonyl (C=O) groups excluding carboxylic acids is 1. The van der Waals surface area contributed by atoms with Crippen LogP contribution in [0.3, 0.4) is 0 Å². The first-order valence-corrected chi connectivity index (χ1v) is 5.72. The van der Waals surface area contributed by atoms with Gasteiger partial charge in [0.15, 0.2) is 6.29 Å². The zero-order chi connectivity index (χ0) is 12.7. The SMILES string of the molecule is Cc1nc2c([nH]1)=CC(n1ncc(C=O)c1N)CC=2. The molecule has 1 aliphatic carbocycles. The van der Waals surface area contributed by atoms with E-state index in [9.17, 15) is 4.79 Å². The lowest BCUT2D eigenvalue weighted by Gasteiger charge is -2.14. The number of nitrogen functional groups attached to an aromatic ring is 1. The molecule has 1 atom stereocenters. The molecule has 0 aromatic carbocycles. The number of rotatable bonds is 2. The first-order valence-electron chi connectivity index (χ1n) is 5.72. The van der Waals surface area contributed by atoms with Gasteiger partial charge < -0.3 is 10.7 Å². The quantitative estimate of drug-likeness (QED) is 0.697. The van der Waals surface area contributed by atoms with E-state index in [4.69, 9.17) is 5.73 Å². The van der Waals surface area contributed by atoms with Crippen LogP contribution in [0.4, 0.5) is 5.82 Å². The number of nitrogens with zero attached hydrogens (tertiary/aromatic N) is 3. The zero-order valence-electron chi connectivity index (χ0n) is 9.92. The van der Waals surface area contributed by atoms with Gasteiger partial charge in [-0.25, -0.2) is 9.67 Å². The summed E-state index contributed by atoms with van der Waals surface area (Å²) in [5.41, 5.74) is 6.31. The highest BCUT2D eigenvalue weighted by molar-refractivity contribution is 5.81. The molecule has 0 radical (unpaired) electrons. The highest BCUT2D eigenvalue weighted by Crippen LogP contribution is 2.20. The smallest absolute Gasteiger partial charge is 0.155 e. The molecule has 0 amide bonds. The van der Waals surface area contributed by atoms with Gasteiger partial charge in [-0.3, -0.25) is 4.79 Å². The normalized spacial score (nSPS) is 17.7. The van der Waals surface area contributed by atoms with E-state index in [1.165, 1.54) is 6.20 Å². The molecule has 0 saturated heterocycles. The molecule has 0 aliphatic heterocycles. The van der Waals surface area contributed by atoms with Gasteiger partial charge in [0.25, 0.3) is 0 Å². The summed E-state index contributed by atoms with van der Waals surface area (Å²) >= 11 is 0. The minimum atomic E-state index is 0.0195. The van der Waals surface area contributed by atoms with Crippen molar-refractivity contribution >= 4 is 24.3 Å². The molecule has 0 spiro atoms. The number of fused-ring (bicyclic) bond motifs is 1. The summed E-state index contributed by atoms with van der Waals surface area (Å²) in [6.07, 6.45) is 7.06. The Morgan fingerprint density at radius 2 is 2.44 bits per heavy atom. The maximum absolute atomic E-state index is 10.8. The Bertz CT molecular complexity index is 724. The Morgan fingerprint density at radius 1 is 1.61 bits per heavy atom. The molecular formula is C12H13N5O. The second kappa shape index (κ2) is 3.83. The van der Waals surface area contributed by atoms with Crippen molar-refractivity contribution in [2.45, 2.75) is 19.4 Å². The van der Waals surface area contributed by atoms with E-state index in [1.54, 1.807) is 4.68 Å². The molecule has 0 bridgehead atoms. The summed E-state index contributed by atoms with van der Waals surface area (Å²) in [7, 11) is 0. The van der Waals surface area contributed by atoms with Gasteiger partial charge in [-0.05, 0) is 19.4 Å². The fraction of sp³-hybridized carbons (Fsp3) is 0.250. The number of aldehydes is 1. The maximum Gasteiger partial charge on any atom is 0.155 e. The number of carbonyl (C=O) groups is 1. The van der Waals surface area contributed by atoms with E-state index in [2.05, 4.69) is 15.1 Å². The molecule has 0 saturated carbocycles. The largest absolute Gasteiger partial charge is 0.383 e. The number of hydrogen-bond donors (Lipinski definition) is 2. The fourth-order valence-corrected chi connectivity index (χ4v) is 2.21. The van der Waals surface area contributed by atoms with Crippen molar-refractivity contribution in [3.8, 4) is 0 Å². The summed E-state index contributed by atoms with van der Waals surface area (Å²) in [6.45, 7) is 1.92. The van der Waals surface area contributed by atoms with Gasteiger partial charge in [-0.1, -0.05) is 6.08 Å². The number of imidazole rings is 1. The molecule has 2 aromatic rings. The van der Waals surface area contributed by atoms with Gasteiger partial charge in [0.2, 0.25) is 0 Å². The fourth-order valence-electron chi connectivity index (χ4n) is 2.21. The van der Waals surface area contributed by atoms with Crippen LogP contribution in [0.2, 0.25) is 0 Å². The first-order chi connectivity index (χ1) is 8.69. The van der Waals surface area contributed by atoms with Crippen LogP contribution in [0, 0.1) is 6.92 Å². The third kappa shape index (κ3) is 1.54. The summed E-state index contributed by atoms with van der Waals surface area (Å²) in [5.74, 6) is 1.29. The maximum atomic E-state index is 10.8. The lowest BCUT2D eigenvalue weighted by molar-refractivity contribution is 0.112. The Hall–Kier alpha value is -2.37. The van der Waals surface area contributed by atoms with Crippen molar-refractivity contribution in [3.05, 3.63) is 28.3 Å². The van der Waals surface area contributed by atoms with Crippen LogP contribution in [0.25, 0.3) is 12.2 Å². The minimum absolute atomic E-state index is 0.0195. The summed E-state index contributed by atoms with van der Waals surface area (Å²) in [6, 6.07) is 0.0195. The predicted molar refractivity (Wildman–Crippen MR) is 67.2 cm³/mol. The van der Waals surface area contributed by atoms with Gasteiger partial charge in [-0.15, -0.1) is 0 Å². The minimum Gasteiger partial charge on any atom is -0.383 e. The number of aromatic amines is 1. The van der Waals surface area contributed by atoms with Crippen molar-refractivity contribution in [3.63, 3.8) is 0 Å². The van der Waals surface area contributed by atoms with E-state index < -0.39 is 0 Å². The van der Waals surface area contributed by atoms with Crippen LogP contribution in [-0.4, -0.2) is 26.0 Å². The summed E-state index contributed by atoms with van der Waals surface area (Å²) in [5, 5.41) is 6.11. The van der Waals surface area contributed by atoms with E-state index >= 15 is 0 Å². The molecule has 92 valence electrons. The highest BCUT2D eigenvalue weighted by Gasteiger charge is 2.16. The topological polar surface area (TPSA) is 89.6 Å². The molecule has 18 heavy (non-hydrogen) atoms. The van der Waals surface area contributed by atoms with E-state index in [1.807, 2.05) is 19.1 Å². The van der Waals surface area contributed by atoms with Gasteiger partial charge in [0.1, 0.15) is 11.6 Å². The highest BCUT2D eigenvalue weighted by atomic mass is 16.1. The number of nitrogens with one attached hydrogen (secondary N) is 1. The Morgan fingerprint density at radius 3 is 3.17 bits per heavy atom. The number of H-pyrrole nitrogens is 1. The molecule has 0 fully saturated rings. The van der Waals surface area contributed by atoms with Crippen LogP contribution in [0.5, 0.6) is 0 Å². The summed E-state index contributed by atoms with van der Waals surface area (Å²) in [4.78, 5) is 18.3. The van der Waals surface area contributed by atoms with Crippen LogP contribution >= 0.6 is 0 Å². The van der Waals surface area contributed by atoms with Gasteiger partial charge >= 0.3 is 0 Å². The van der Waals surface area contributed by atoms with Crippen LogP contribution in [-0.2, 0) is 0 Å². The van der Waals surface area contributed by atoms with Crippen molar-refractivity contribution in [2.75, 3.05) is 5.73 Å². The molecule has 2 aromatic heterocycles. The number of aryl methyl sites for hydroxylation is 1. The second-order valence-electron chi connectivity index (χ2n) is 4.34. The molecular weight excluding hydrogens is 230 g/mol. The summed E-state index contributed by atoms with van der Waals surface area (Å²) < 4.78 is 1.67. The van der Waals surface area contributed by atoms with Gasteiger partial charge in [0.05, 0.1) is 28.5 Å². The molecule has 6 nitrogen and oxygen atoms in total. The van der Waals surface area contributed by atoms with Crippen molar-refractivity contribution in [1.82, 2.24) is 19.7 Å². The van der Waals surface area contributed by atoms with Crippen molar-refractivity contribution in [1.29, 1.82) is 0 Å². The third-order valence-corrected chi connectivity index (χ3v) is 3.10. The number of anilines is 1. The number of aromatic nitrogens is 4. The Balaban J connectivity index is 2.07. The molecule has 1 aliphatic rings. The monoisotopic (exact) mass is 243 g/mol. The molecule has 2 heterocycles. The molecule has 3 rings (SSSR count). The third-order valence-electron chi connectivity index (χ3n) is 3.10. The average Bonchev–Trinajstić information content (AvgIpc) is 2.89. The van der Waals surface area contributed by atoms with Crippen molar-refractivity contribution in [2.24, 2.45) is 0 Å². The zero-order valence-corrected chi connectivity index (χ0v) is 9.92. The lowest BCUT2D eigenvalue weighted by Crippen LogP contribution is -2.30. The van der Waals surface area contributed by atoms with E-state index in [0.717, 1.165) is 29.2 Å². The Kier molecular flexibility index (Phi) is 2.29. The lowest BCUT2D eigenvalue weighted by atomic mass is 10.1. The Labute approximate surface area is 103 Å². The second-order valence-corrected chi connectivity index (χ2v) is 4.34. The van der Waals surface area contributed by atoms with E-state index in [-0.39, 0.29) is 6.04 Å². The van der Waals surface area contributed by atoms with Gasteiger partial charge in [0, 0.05) is 0 Å². The molecule has 1 unspecified atom stereocenters.